The molecule has 0 unspecified atom stereocenters. The molecule has 3 aromatic rings. The van der Waals surface area contributed by atoms with Gasteiger partial charge in [0.05, 0.1) is 17.3 Å². The first kappa shape index (κ1) is 14.4. The maximum absolute atomic E-state index is 13.1. The van der Waals surface area contributed by atoms with E-state index in [1.54, 1.807) is 11.6 Å². The summed E-state index contributed by atoms with van der Waals surface area (Å²) in [6.45, 7) is 4.26. The van der Waals surface area contributed by atoms with Gasteiger partial charge in [-0.05, 0) is 31.5 Å². The highest BCUT2D eigenvalue weighted by Gasteiger charge is 2.32. The fourth-order valence-electron chi connectivity index (χ4n) is 2.63. The van der Waals surface area contributed by atoms with Crippen LogP contribution in [0.3, 0.4) is 0 Å². The summed E-state index contributed by atoms with van der Waals surface area (Å²) in [7, 11) is 0. The Labute approximate surface area is 123 Å². The highest BCUT2D eigenvalue weighted by molar-refractivity contribution is 5.98. The fourth-order valence-corrected chi connectivity index (χ4v) is 2.63. The minimum Gasteiger partial charge on any atom is -0.382 e. The van der Waals surface area contributed by atoms with Crippen molar-refractivity contribution in [2.45, 2.75) is 26.6 Å². The minimum atomic E-state index is -4.45. The molecule has 2 heterocycles. The van der Waals surface area contributed by atoms with Crippen LogP contribution < -0.4 is 5.73 Å². The lowest BCUT2D eigenvalue weighted by Crippen LogP contribution is -2.05. The summed E-state index contributed by atoms with van der Waals surface area (Å²) in [5.41, 5.74) is 7.11. The predicted molar refractivity (Wildman–Crippen MR) is 77.1 cm³/mol. The van der Waals surface area contributed by atoms with Gasteiger partial charge < -0.3 is 5.73 Å². The van der Waals surface area contributed by atoms with Crippen LogP contribution in [0.1, 0.15) is 18.2 Å². The Hall–Kier alpha value is -2.51. The number of anilines is 1. The molecular weight excluding hydrogens is 295 g/mol. The summed E-state index contributed by atoms with van der Waals surface area (Å²) in [4.78, 5) is 0. The second kappa shape index (κ2) is 4.75. The Morgan fingerprint density at radius 1 is 1.32 bits per heavy atom. The molecule has 0 aliphatic rings. The third-order valence-electron chi connectivity index (χ3n) is 3.69. The Kier molecular flexibility index (Phi) is 3.12. The Bertz CT molecular complexity index is 844. The van der Waals surface area contributed by atoms with Crippen molar-refractivity contribution in [3.63, 3.8) is 0 Å². The molecule has 0 spiro atoms. The fraction of sp³-hybridized carbons (Fsp3) is 0.286. The highest BCUT2D eigenvalue weighted by Crippen LogP contribution is 2.39. The van der Waals surface area contributed by atoms with E-state index in [4.69, 9.17) is 5.73 Å². The lowest BCUT2D eigenvalue weighted by Gasteiger charge is -2.11. The van der Waals surface area contributed by atoms with Gasteiger partial charge in [0.1, 0.15) is 0 Å². The minimum absolute atomic E-state index is 0.209. The van der Waals surface area contributed by atoms with Crippen LogP contribution in [0.4, 0.5) is 19.0 Å². The van der Waals surface area contributed by atoms with Gasteiger partial charge in [-0.25, -0.2) is 0 Å². The van der Waals surface area contributed by atoms with Gasteiger partial charge in [0.2, 0.25) is 0 Å². The first-order valence-electron chi connectivity index (χ1n) is 6.70. The van der Waals surface area contributed by atoms with Crippen molar-refractivity contribution < 1.29 is 13.2 Å². The molecule has 0 aliphatic heterocycles. The largest absolute Gasteiger partial charge is 0.416 e. The SMILES string of the molecule is CCn1nc(N)c(-c2cc(C(F)(F)F)cc3[nH]ncc23)c1C. The standard InChI is InChI=1S/C14H14F3N5/c1-3-22-7(2)12(13(18)21-22)9-4-8(14(15,16)17)5-11-10(9)6-19-20-11/h4-6H,3H2,1-2H3,(H2,18,21)(H,19,20). The molecule has 2 aromatic heterocycles. The van der Waals surface area contributed by atoms with E-state index in [0.717, 1.165) is 17.8 Å². The first-order valence-corrected chi connectivity index (χ1v) is 6.70. The summed E-state index contributed by atoms with van der Waals surface area (Å²) >= 11 is 0. The number of hydrogen-bond donors (Lipinski definition) is 2. The van der Waals surface area contributed by atoms with E-state index >= 15 is 0 Å². The van der Waals surface area contributed by atoms with Crippen molar-refractivity contribution in [2.75, 3.05) is 5.73 Å². The molecule has 0 atom stereocenters. The number of nitrogen functional groups attached to an aromatic ring is 1. The zero-order valence-corrected chi connectivity index (χ0v) is 12.0. The quantitative estimate of drug-likeness (QED) is 0.762. The summed E-state index contributed by atoms with van der Waals surface area (Å²) < 4.78 is 41.0. The molecule has 0 fully saturated rings. The number of fused-ring (bicyclic) bond motifs is 1. The second-order valence-corrected chi connectivity index (χ2v) is 5.01. The molecule has 8 heteroatoms. The Morgan fingerprint density at radius 2 is 2.05 bits per heavy atom. The summed E-state index contributed by atoms with van der Waals surface area (Å²) in [5, 5.41) is 11.2. The number of halogens is 3. The number of benzene rings is 1. The number of aromatic nitrogens is 4. The third kappa shape index (κ3) is 2.11. The maximum atomic E-state index is 13.1. The summed E-state index contributed by atoms with van der Waals surface area (Å²) in [6.07, 6.45) is -2.95. The number of aryl methyl sites for hydroxylation is 1. The number of nitrogens with zero attached hydrogens (tertiary/aromatic N) is 3. The van der Waals surface area contributed by atoms with Gasteiger partial charge in [0.25, 0.3) is 0 Å². The maximum Gasteiger partial charge on any atom is 0.416 e. The van der Waals surface area contributed by atoms with Crippen LogP contribution in [0.25, 0.3) is 22.0 Å². The van der Waals surface area contributed by atoms with Crippen LogP contribution in [0.15, 0.2) is 18.3 Å². The average Bonchev–Trinajstić information content (AvgIpc) is 3.01. The number of alkyl halides is 3. The van der Waals surface area contributed by atoms with E-state index in [-0.39, 0.29) is 5.82 Å². The molecule has 22 heavy (non-hydrogen) atoms. The van der Waals surface area contributed by atoms with E-state index in [2.05, 4.69) is 15.3 Å². The van der Waals surface area contributed by atoms with Crippen molar-refractivity contribution >= 4 is 16.7 Å². The van der Waals surface area contributed by atoms with Crippen LogP contribution >= 0.6 is 0 Å². The molecule has 0 amide bonds. The monoisotopic (exact) mass is 309 g/mol. The van der Waals surface area contributed by atoms with E-state index in [1.165, 1.54) is 6.20 Å². The predicted octanol–water partition coefficient (Wildman–Crippen LogP) is 3.36. The summed E-state index contributed by atoms with van der Waals surface area (Å²) in [5.74, 6) is 0.209. The van der Waals surface area contributed by atoms with Gasteiger partial charge in [-0.2, -0.15) is 23.4 Å². The van der Waals surface area contributed by atoms with Gasteiger partial charge in [0, 0.05) is 23.2 Å². The number of nitrogens with one attached hydrogen (secondary N) is 1. The topological polar surface area (TPSA) is 72.5 Å². The average molecular weight is 309 g/mol. The normalized spacial score (nSPS) is 12.2. The Morgan fingerprint density at radius 3 is 2.64 bits per heavy atom. The lowest BCUT2D eigenvalue weighted by atomic mass is 9.98. The first-order chi connectivity index (χ1) is 10.3. The van der Waals surface area contributed by atoms with Crippen molar-refractivity contribution in [1.82, 2.24) is 20.0 Å². The van der Waals surface area contributed by atoms with E-state index in [1.807, 2.05) is 6.92 Å². The van der Waals surface area contributed by atoms with E-state index in [0.29, 0.717) is 28.6 Å². The number of hydrogen-bond acceptors (Lipinski definition) is 3. The van der Waals surface area contributed by atoms with E-state index in [9.17, 15) is 13.2 Å². The molecule has 0 radical (unpaired) electrons. The zero-order valence-electron chi connectivity index (χ0n) is 12.0. The molecule has 0 saturated heterocycles. The third-order valence-corrected chi connectivity index (χ3v) is 3.69. The van der Waals surface area contributed by atoms with E-state index < -0.39 is 11.7 Å². The smallest absolute Gasteiger partial charge is 0.382 e. The number of nitrogens with two attached hydrogens (primary N) is 1. The molecule has 0 saturated carbocycles. The molecule has 0 bridgehead atoms. The number of aromatic amines is 1. The summed E-state index contributed by atoms with van der Waals surface area (Å²) in [6, 6.07) is 2.14. The molecule has 0 aliphatic carbocycles. The lowest BCUT2D eigenvalue weighted by molar-refractivity contribution is -0.137. The second-order valence-electron chi connectivity index (χ2n) is 5.01. The van der Waals surface area contributed by atoms with Crippen LogP contribution in [-0.4, -0.2) is 20.0 Å². The van der Waals surface area contributed by atoms with Gasteiger partial charge in [-0.3, -0.25) is 9.78 Å². The van der Waals surface area contributed by atoms with Crippen LogP contribution in [0, 0.1) is 6.92 Å². The van der Waals surface area contributed by atoms with Crippen LogP contribution in [0.2, 0.25) is 0 Å². The molecular formula is C14H14F3N5. The van der Waals surface area contributed by atoms with Gasteiger partial charge >= 0.3 is 6.18 Å². The highest BCUT2D eigenvalue weighted by atomic mass is 19.4. The molecule has 5 nitrogen and oxygen atoms in total. The van der Waals surface area contributed by atoms with Gasteiger partial charge in [0.15, 0.2) is 5.82 Å². The molecule has 116 valence electrons. The Balaban J connectivity index is 2.35. The van der Waals surface area contributed by atoms with Gasteiger partial charge in [-0.15, -0.1) is 0 Å². The number of rotatable bonds is 2. The molecule has 3 rings (SSSR count). The van der Waals surface area contributed by atoms with Crippen molar-refractivity contribution in [2.24, 2.45) is 0 Å². The van der Waals surface area contributed by atoms with Crippen LogP contribution in [-0.2, 0) is 12.7 Å². The zero-order chi connectivity index (χ0) is 16.1. The van der Waals surface area contributed by atoms with Crippen LogP contribution in [0.5, 0.6) is 0 Å². The van der Waals surface area contributed by atoms with Crippen molar-refractivity contribution in [3.8, 4) is 11.1 Å². The van der Waals surface area contributed by atoms with Crippen molar-refractivity contribution in [3.05, 3.63) is 29.6 Å². The van der Waals surface area contributed by atoms with Gasteiger partial charge in [-0.1, -0.05) is 0 Å². The molecule has 3 N–H and O–H groups in total. The molecule has 1 aromatic carbocycles. The number of H-pyrrole nitrogens is 1. The van der Waals surface area contributed by atoms with Crippen molar-refractivity contribution in [1.29, 1.82) is 0 Å².